The van der Waals surface area contributed by atoms with Crippen LogP contribution in [0.15, 0.2) is 18.2 Å². The number of carboxylic acids is 1. The van der Waals surface area contributed by atoms with Gasteiger partial charge in [-0.25, -0.2) is 0 Å². The maximum atomic E-state index is 10.8. The maximum Gasteiger partial charge on any atom is 0.303 e. The van der Waals surface area contributed by atoms with Gasteiger partial charge in [0.05, 0.1) is 24.9 Å². The molecule has 27 heavy (non-hydrogen) atoms. The third-order valence-electron chi connectivity index (χ3n) is 5.63. The van der Waals surface area contributed by atoms with E-state index in [1.54, 1.807) is 7.11 Å². The number of aliphatic carboxylic acids is 1. The molecule has 2 heterocycles. The van der Waals surface area contributed by atoms with Gasteiger partial charge in [0.2, 0.25) is 0 Å². The number of methoxy groups -OCH3 is 1. The Morgan fingerprint density at radius 3 is 2.78 bits per heavy atom. The molecular weight excluding hydrogens is 342 g/mol. The van der Waals surface area contributed by atoms with E-state index >= 15 is 0 Å². The van der Waals surface area contributed by atoms with Crippen LogP contribution in [0, 0.1) is 0 Å². The van der Waals surface area contributed by atoms with Gasteiger partial charge in [0.15, 0.2) is 0 Å². The first kappa shape index (κ1) is 18.0. The first-order valence-corrected chi connectivity index (χ1v) is 9.81. The number of carboxylic acid groups (broad SMARTS) is 1. The van der Waals surface area contributed by atoms with Crippen LogP contribution in [0.5, 0.6) is 5.75 Å². The van der Waals surface area contributed by atoms with E-state index in [9.17, 15) is 4.79 Å². The molecule has 2 aromatic rings. The summed E-state index contributed by atoms with van der Waals surface area (Å²) in [6.07, 6.45) is 5.24. The summed E-state index contributed by atoms with van der Waals surface area (Å²) in [5.74, 6) is 0.221. The van der Waals surface area contributed by atoms with Gasteiger partial charge >= 0.3 is 5.97 Å². The molecule has 0 unspecified atom stereocenters. The monoisotopic (exact) mass is 369 g/mol. The summed E-state index contributed by atoms with van der Waals surface area (Å²) < 4.78 is 7.72. The van der Waals surface area contributed by atoms with Gasteiger partial charge in [0, 0.05) is 38.2 Å². The fourth-order valence-corrected chi connectivity index (χ4v) is 4.29. The van der Waals surface area contributed by atoms with Crippen molar-refractivity contribution in [2.45, 2.75) is 58.2 Å². The van der Waals surface area contributed by atoms with Gasteiger partial charge in [-0.1, -0.05) is 6.07 Å². The minimum atomic E-state index is -0.775. The molecule has 1 aliphatic carbocycles. The van der Waals surface area contributed by atoms with E-state index in [2.05, 4.69) is 32.9 Å². The highest BCUT2D eigenvalue weighted by Crippen LogP contribution is 2.31. The Morgan fingerprint density at radius 1 is 1.19 bits per heavy atom. The average Bonchev–Trinajstić information content (AvgIpc) is 3.21. The summed E-state index contributed by atoms with van der Waals surface area (Å²) in [4.78, 5) is 13.3. The van der Waals surface area contributed by atoms with E-state index < -0.39 is 5.97 Å². The van der Waals surface area contributed by atoms with Crippen LogP contribution < -0.4 is 4.74 Å². The molecule has 1 aromatic carbocycles. The molecule has 2 aliphatic rings. The van der Waals surface area contributed by atoms with Gasteiger partial charge in [0.25, 0.3) is 0 Å². The van der Waals surface area contributed by atoms with Crippen molar-refractivity contribution in [3.63, 3.8) is 0 Å². The lowest BCUT2D eigenvalue weighted by molar-refractivity contribution is -0.136. The molecular formula is C21H27N3O3. The molecule has 6 nitrogen and oxygen atoms in total. The van der Waals surface area contributed by atoms with Gasteiger partial charge in [-0.3, -0.25) is 14.4 Å². The van der Waals surface area contributed by atoms with Crippen molar-refractivity contribution < 1.29 is 14.6 Å². The Kier molecular flexibility index (Phi) is 5.16. The lowest BCUT2D eigenvalue weighted by Crippen LogP contribution is -2.23. The van der Waals surface area contributed by atoms with Crippen LogP contribution in [0.4, 0.5) is 0 Å². The summed E-state index contributed by atoms with van der Waals surface area (Å²) in [7, 11) is 1.76. The van der Waals surface area contributed by atoms with Crippen molar-refractivity contribution in [2.75, 3.05) is 13.7 Å². The zero-order chi connectivity index (χ0) is 18.8. The Bertz CT molecular complexity index is 843. The van der Waals surface area contributed by atoms with E-state index in [0.29, 0.717) is 6.42 Å². The van der Waals surface area contributed by atoms with Crippen LogP contribution in [0.25, 0.3) is 0 Å². The molecule has 0 fully saturated rings. The molecule has 1 aliphatic heterocycles. The van der Waals surface area contributed by atoms with E-state index in [0.717, 1.165) is 50.5 Å². The van der Waals surface area contributed by atoms with Crippen molar-refractivity contribution in [3.05, 3.63) is 46.3 Å². The summed E-state index contributed by atoms with van der Waals surface area (Å²) in [5, 5.41) is 13.5. The van der Waals surface area contributed by atoms with Gasteiger partial charge < -0.3 is 9.84 Å². The quantitative estimate of drug-likeness (QED) is 0.848. The van der Waals surface area contributed by atoms with Crippen molar-refractivity contribution in [1.82, 2.24) is 14.7 Å². The Labute approximate surface area is 159 Å². The van der Waals surface area contributed by atoms with Crippen molar-refractivity contribution in [1.29, 1.82) is 0 Å². The summed E-state index contributed by atoms with van der Waals surface area (Å²) >= 11 is 0. The minimum absolute atomic E-state index is 0.131. The number of hydrogen-bond donors (Lipinski definition) is 1. The van der Waals surface area contributed by atoms with Gasteiger partial charge in [-0.05, 0) is 48.9 Å². The molecule has 0 saturated carbocycles. The van der Waals surface area contributed by atoms with Crippen LogP contribution in [0.2, 0.25) is 0 Å². The third kappa shape index (κ3) is 4.00. The van der Waals surface area contributed by atoms with Crippen molar-refractivity contribution in [3.8, 4) is 5.75 Å². The Hall–Kier alpha value is -2.34. The zero-order valence-electron chi connectivity index (χ0n) is 15.9. The highest BCUT2D eigenvalue weighted by atomic mass is 16.5. The normalized spacial score (nSPS) is 16.6. The molecule has 0 radical (unpaired) electrons. The fourth-order valence-electron chi connectivity index (χ4n) is 4.29. The molecule has 144 valence electrons. The molecule has 1 N–H and O–H groups in total. The van der Waals surface area contributed by atoms with Crippen LogP contribution >= 0.6 is 0 Å². The van der Waals surface area contributed by atoms with E-state index in [-0.39, 0.29) is 6.42 Å². The number of nitrogens with zero attached hydrogens (tertiary/aromatic N) is 3. The molecule has 0 amide bonds. The second-order valence-electron chi connectivity index (χ2n) is 7.59. The van der Waals surface area contributed by atoms with Crippen molar-refractivity contribution in [2.24, 2.45) is 0 Å². The summed E-state index contributed by atoms with van der Waals surface area (Å²) in [6, 6.07) is 6.63. The molecule has 0 bridgehead atoms. The average molecular weight is 369 g/mol. The Balaban J connectivity index is 1.50. The number of hydrogen-bond acceptors (Lipinski definition) is 4. The second kappa shape index (κ2) is 7.72. The van der Waals surface area contributed by atoms with Crippen LogP contribution in [-0.2, 0) is 43.7 Å². The summed E-state index contributed by atoms with van der Waals surface area (Å²) in [5.41, 5.74) is 6.23. The van der Waals surface area contributed by atoms with Gasteiger partial charge in [0.1, 0.15) is 5.75 Å². The number of carbonyl (C=O) groups is 1. The fraction of sp³-hybridized carbons (Fsp3) is 0.524. The van der Waals surface area contributed by atoms with Crippen molar-refractivity contribution >= 4 is 5.97 Å². The largest absolute Gasteiger partial charge is 0.496 e. The van der Waals surface area contributed by atoms with Gasteiger partial charge in [-0.15, -0.1) is 0 Å². The topological polar surface area (TPSA) is 67.6 Å². The smallest absolute Gasteiger partial charge is 0.303 e. The maximum absolute atomic E-state index is 10.8. The highest BCUT2D eigenvalue weighted by Gasteiger charge is 2.20. The molecule has 4 rings (SSSR count). The summed E-state index contributed by atoms with van der Waals surface area (Å²) in [6.45, 7) is 3.61. The zero-order valence-corrected chi connectivity index (χ0v) is 15.9. The number of rotatable bonds is 6. The molecule has 1 aromatic heterocycles. The molecule has 0 spiro atoms. The number of benzene rings is 1. The lowest BCUT2D eigenvalue weighted by atomic mass is 10.0. The first-order chi connectivity index (χ1) is 13.1. The minimum Gasteiger partial charge on any atom is -0.496 e. The second-order valence-corrected chi connectivity index (χ2v) is 7.59. The number of aromatic nitrogens is 2. The van der Waals surface area contributed by atoms with Crippen LogP contribution in [-0.4, -0.2) is 39.4 Å². The predicted octanol–water partition coefficient (Wildman–Crippen LogP) is 2.80. The number of aryl methyl sites for hydroxylation is 4. The van der Waals surface area contributed by atoms with E-state index in [4.69, 9.17) is 9.84 Å². The van der Waals surface area contributed by atoms with Crippen LogP contribution in [0.3, 0.4) is 0 Å². The van der Waals surface area contributed by atoms with E-state index in [1.165, 1.54) is 35.2 Å². The molecule has 6 heteroatoms. The first-order valence-electron chi connectivity index (χ1n) is 9.81. The molecule has 0 saturated heterocycles. The number of ether oxygens (including phenoxy) is 1. The third-order valence-corrected chi connectivity index (χ3v) is 5.63. The Morgan fingerprint density at radius 2 is 2.00 bits per heavy atom. The standard InChI is InChI=1S/C21H27N3O3/c1-27-20-11-16-5-2-4-15(16)10-17(20)13-23-8-3-9-24-19(14-23)12-18(22-24)6-7-21(25)26/h10-12H,2-9,13-14H2,1H3,(H,25,26). The van der Waals surface area contributed by atoms with E-state index in [1.807, 2.05) is 0 Å². The number of fused-ring (bicyclic) bond motifs is 2. The highest BCUT2D eigenvalue weighted by molar-refractivity contribution is 5.66. The van der Waals surface area contributed by atoms with Crippen LogP contribution in [0.1, 0.15) is 47.3 Å². The lowest BCUT2D eigenvalue weighted by Gasteiger charge is -2.21. The molecule has 0 atom stereocenters. The SMILES string of the molecule is COc1cc2c(cc1CN1CCCn3nc(CCC(=O)O)cc3C1)CCC2. The predicted molar refractivity (Wildman–Crippen MR) is 102 cm³/mol. The van der Waals surface area contributed by atoms with Gasteiger partial charge in [-0.2, -0.15) is 5.10 Å².